The van der Waals surface area contributed by atoms with Crippen LogP contribution in [0, 0.1) is 0 Å². The van der Waals surface area contributed by atoms with Crippen LogP contribution in [0.1, 0.15) is 45.4 Å². The first-order valence-corrected chi connectivity index (χ1v) is 10.7. The van der Waals surface area contributed by atoms with Gasteiger partial charge in [-0.05, 0) is 0 Å². The Morgan fingerprint density at radius 3 is 1.91 bits per heavy atom. The third-order valence-corrected chi connectivity index (χ3v) is 4.87. The molecule has 0 saturated carbocycles. The maximum atomic E-state index is 2.48. The van der Waals surface area contributed by atoms with Gasteiger partial charge in [0.05, 0.1) is 0 Å². The van der Waals surface area contributed by atoms with Gasteiger partial charge in [0.1, 0.15) is 0 Å². The Bertz CT molecular complexity index is 69.3. The number of hydrogen-bond acceptors (Lipinski definition) is 0. The van der Waals surface area contributed by atoms with Crippen LogP contribution in [0.15, 0.2) is 0 Å². The number of unbranched alkanes of at least 4 members (excludes halogenated alkanes) is 5. The third kappa shape index (κ3) is 10.5. The van der Waals surface area contributed by atoms with E-state index < -0.39 is 14.3 Å². The summed E-state index contributed by atoms with van der Waals surface area (Å²) in [4.78, 5) is 0. The summed E-state index contributed by atoms with van der Waals surface area (Å²) in [6, 6.07) is 0. The van der Waals surface area contributed by atoms with E-state index >= 15 is 0 Å². The Morgan fingerprint density at radius 1 is 0.818 bits per heavy atom. The quantitative estimate of drug-likeness (QED) is 0.443. The zero-order chi connectivity index (χ0) is 8.53. The van der Waals surface area contributed by atoms with Gasteiger partial charge in [-0.15, -0.1) is 0 Å². The maximum absolute atomic E-state index is 2.48. The molecular formula is C10H23Ge. The van der Waals surface area contributed by atoms with Gasteiger partial charge in [0.25, 0.3) is 0 Å². The Labute approximate surface area is 76.9 Å². The Hall–Kier alpha value is 0.543. The summed E-state index contributed by atoms with van der Waals surface area (Å²) < 4.78 is 0. The summed E-state index contributed by atoms with van der Waals surface area (Å²) in [5.41, 5.74) is 0. The first-order valence-electron chi connectivity index (χ1n) is 5.06. The van der Waals surface area contributed by atoms with Crippen molar-refractivity contribution in [1.29, 1.82) is 0 Å². The van der Waals surface area contributed by atoms with Gasteiger partial charge in [0.2, 0.25) is 0 Å². The molecule has 0 N–H and O–H groups in total. The molecule has 0 aromatic heterocycles. The van der Waals surface area contributed by atoms with Gasteiger partial charge in [0.15, 0.2) is 0 Å². The second kappa shape index (κ2) is 8.64. The molecule has 0 aromatic carbocycles. The first kappa shape index (κ1) is 11.5. The van der Waals surface area contributed by atoms with Crippen molar-refractivity contribution >= 4 is 14.3 Å². The van der Waals surface area contributed by atoms with Crippen LogP contribution in [0.25, 0.3) is 0 Å². The van der Waals surface area contributed by atoms with Crippen molar-refractivity contribution in [3.63, 3.8) is 0 Å². The van der Waals surface area contributed by atoms with Crippen LogP contribution in [0.3, 0.4) is 0 Å². The fourth-order valence-electron chi connectivity index (χ4n) is 1.26. The average molecular weight is 216 g/mol. The summed E-state index contributed by atoms with van der Waals surface area (Å²) in [6.07, 6.45) is 8.80. The van der Waals surface area contributed by atoms with E-state index in [4.69, 9.17) is 0 Å². The van der Waals surface area contributed by atoms with E-state index in [1.807, 2.05) is 0 Å². The predicted molar refractivity (Wildman–Crippen MR) is 55.7 cm³/mol. The molecule has 0 nitrogen and oxygen atoms in total. The van der Waals surface area contributed by atoms with Crippen LogP contribution in [-0.2, 0) is 0 Å². The molecule has 0 heterocycles. The molecule has 0 spiro atoms. The average Bonchev–Trinajstić information content (AvgIpc) is 1.96. The second-order valence-corrected chi connectivity index (χ2v) is 9.84. The van der Waals surface area contributed by atoms with E-state index in [0.717, 1.165) is 0 Å². The van der Waals surface area contributed by atoms with Crippen molar-refractivity contribution in [2.24, 2.45) is 0 Å². The molecule has 0 aromatic rings. The predicted octanol–water partition coefficient (Wildman–Crippen LogP) is 4.10. The van der Waals surface area contributed by atoms with E-state index in [1.165, 1.54) is 38.5 Å². The molecule has 0 bridgehead atoms. The fraction of sp³-hybridized carbons (Fsp3) is 1.00. The molecular weight excluding hydrogens is 193 g/mol. The van der Waals surface area contributed by atoms with Gasteiger partial charge in [-0.1, -0.05) is 0 Å². The van der Waals surface area contributed by atoms with Crippen molar-refractivity contribution in [3.8, 4) is 0 Å². The zero-order valence-electron chi connectivity index (χ0n) is 8.45. The Kier molecular flexibility index (Phi) is 9.06. The van der Waals surface area contributed by atoms with Crippen LogP contribution in [0.2, 0.25) is 16.8 Å². The van der Waals surface area contributed by atoms with Crippen molar-refractivity contribution in [1.82, 2.24) is 0 Å². The van der Waals surface area contributed by atoms with E-state index in [9.17, 15) is 0 Å². The first-order chi connectivity index (χ1) is 5.27. The monoisotopic (exact) mass is 217 g/mol. The van der Waals surface area contributed by atoms with E-state index in [1.54, 1.807) is 5.25 Å². The van der Waals surface area contributed by atoms with Gasteiger partial charge < -0.3 is 0 Å². The van der Waals surface area contributed by atoms with Crippen LogP contribution >= 0.6 is 0 Å². The minimum atomic E-state index is -0.456. The molecule has 0 aliphatic rings. The SMILES string of the molecule is CCCCCCC[CH2][Ge]([CH3])[CH3]. The number of rotatable bonds is 7. The number of hydrogen-bond donors (Lipinski definition) is 0. The Morgan fingerprint density at radius 2 is 1.36 bits per heavy atom. The van der Waals surface area contributed by atoms with Gasteiger partial charge >= 0.3 is 76.6 Å². The van der Waals surface area contributed by atoms with Crippen LogP contribution in [-0.4, -0.2) is 14.3 Å². The fourth-order valence-corrected chi connectivity index (χ4v) is 3.27. The van der Waals surface area contributed by atoms with Gasteiger partial charge in [-0.3, -0.25) is 0 Å². The second-order valence-electron chi connectivity index (χ2n) is 3.72. The normalized spacial score (nSPS) is 10.9. The summed E-state index contributed by atoms with van der Waals surface area (Å²) in [6.45, 7) is 2.28. The molecule has 0 saturated heterocycles. The van der Waals surface area contributed by atoms with Crippen molar-refractivity contribution in [3.05, 3.63) is 0 Å². The standard InChI is InChI=1S/C10H23Ge/c1-4-5-6-7-8-9-10-11(2)3/h4-10H2,1-3H3. The molecule has 0 unspecified atom stereocenters. The molecule has 0 rings (SSSR count). The molecule has 0 fully saturated rings. The molecule has 0 aliphatic heterocycles. The summed E-state index contributed by atoms with van der Waals surface area (Å²) >= 11 is -0.456. The van der Waals surface area contributed by atoms with Crippen molar-refractivity contribution < 1.29 is 0 Å². The van der Waals surface area contributed by atoms with Crippen LogP contribution < -0.4 is 0 Å². The van der Waals surface area contributed by atoms with Crippen molar-refractivity contribution in [2.75, 3.05) is 0 Å². The molecule has 1 heteroatoms. The molecule has 11 heavy (non-hydrogen) atoms. The van der Waals surface area contributed by atoms with Gasteiger partial charge in [-0.25, -0.2) is 0 Å². The van der Waals surface area contributed by atoms with Gasteiger partial charge in [0, 0.05) is 0 Å². The van der Waals surface area contributed by atoms with Crippen LogP contribution in [0.5, 0.6) is 0 Å². The summed E-state index contributed by atoms with van der Waals surface area (Å²) in [7, 11) is 0. The molecule has 0 aliphatic carbocycles. The molecule has 0 amide bonds. The summed E-state index contributed by atoms with van der Waals surface area (Å²) in [5.74, 6) is 4.96. The van der Waals surface area contributed by atoms with Crippen molar-refractivity contribution in [2.45, 2.75) is 62.2 Å². The molecule has 67 valence electrons. The van der Waals surface area contributed by atoms with E-state index in [-0.39, 0.29) is 0 Å². The van der Waals surface area contributed by atoms with Gasteiger partial charge in [-0.2, -0.15) is 0 Å². The van der Waals surface area contributed by atoms with E-state index in [2.05, 4.69) is 18.4 Å². The zero-order valence-corrected chi connectivity index (χ0v) is 10.5. The van der Waals surface area contributed by atoms with E-state index in [0.29, 0.717) is 0 Å². The summed E-state index contributed by atoms with van der Waals surface area (Å²) in [5, 5.41) is 1.59. The Balaban J connectivity index is 2.80. The molecule has 1 radical (unpaired) electrons. The minimum absolute atomic E-state index is 0.456. The van der Waals surface area contributed by atoms with Crippen LogP contribution in [0.4, 0.5) is 0 Å². The molecule has 0 atom stereocenters. The topological polar surface area (TPSA) is 0 Å². The third-order valence-electron chi connectivity index (χ3n) is 2.03.